The number of primary amides is 1. The number of benzene rings is 3. The topological polar surface area (TPSA) is 93.9 Å². The van der Waals surface area contributed by atoms with Gasteiger partial charge in [0.05, 0.1) is 25.3 Å². The van der Waals surface area contributed by atoms with Crippen LogP contribution in [-0.2, 0) is 19.4 Å². The Labute approximate surface area is 205 Å². The van der Waals surface area contributed by atoms with Crippen molar-refractivity contribution < 1.29 is 19.1 Å². The van der Waals surface area contributed by atoms with Crippen molar-refractivity contribution in [1.29, 1.82) is 0 Å². The van der Waals surface area contributed by atoms with Gasteiger partial charge in [-0.3, -0.25) is 14.5 Å². The van der Waals surface area contributed by atoms with Crippen molar-refractivity contribution in [2.75, 3.05) is 32.6 Å². The molecule has 1 heterocycles. The number of anilines is 1. The van der Waals surface area contributed by atoms with Crippen LogP contribution in [0.3, 0.4) is 0 Å². The van der Waals surface area contributed by atoms with Gasteiger partial charge in [-0.2, -0.15) is 0 Å². The van der Waals surface area contributed by atoms with E-state index < -0.39 is 5.91 Å². The standard InChI is InChI=1S/C28H31N3O4/c1-34-25-16-20-13-15-31(18-21(20)17-26(25)35-2)14-5-6-19-9-11-22(12-10-19)30-28(33)24-8-4-3-7-23(24)27(29)32/h3-4,7-12,16-17H,5-6,13-15,18H2,1-2H3,(H2,29,32)(H,30,33). The molecule has 1 aliphatic rings. The monoisotopic (exact) mass is 473 g/mol. The third kappa shape index (κ3) is 5.81. The molecule has 0 unspecified atom stereocenters. The minimum absolute atomic E-state index is 0.208. The van der Waals surface area contributed by atoms with E-state index in [2.05, 4.69) is 22.3 Å². The highest BCUT2D eigenvalue weighted by Crippen LogP contribution is 2.33. The first-order valence-electron chi connectivity index (χ1n) is 11.7. The maximum absolute atomic E-state index is 12.6. The maximum atomic E-state index is 12.6. The Morgan fingerprint density at radius 3 is 2.26 bits per heavy atom. The Balaban J connectivity index is 1.29. The summed E-state index contributed by atoms with van der Waals surface area (Å²) in [4.78, 5) is 26.6. The van der Waals surface area contributed by atoms with Crippen LogP contribution in [0.1, 0.15) is 43.8 Å². The summed E-state index contributed by atoms with van der Waals surface area (Å²) in [5.74, 6) is 0.587. The molecule has 0 aromatic heterocycles. The van der Waals surface area contributed by atoms with Gasteiger partial charge < -0.3 is 20.5 Å². The number of amides is 2. The minimum Gasteiger partial charge on any atom is -0.493 e. The van der Waals surface area contributed by atoms with Gasteiger partial charge >= 0.3 is 0 Å². The number of nitrogens with one attached hydrogen (secondary N) is 1. The van der Waals surface area contributed by atoms with Crippen LogP contribution in [0, 0.1) is 0 Å². The number of carbonyl (C=O) groups is 2. The fraction of sp³-hybridized carbons (Fsp3) is 0.286. The summed E-state index contributed by atoms with van der Waals surface area (Å²) in [7, 11) is 3.34. The Morgan fingerprint density at radius 1 is 0.943 bits per heavy atom. The summed E-state index contributed by atoms with van der Waals surface area (Å²) in [6.45, 7) is 2.95. The molecular formula is C28H31N3O4. The van der Waals surface area contributed by atoms with Crippen molar-refractivity contribution in [3.05, 3.63) is 88.5 Å². The average molecular weight is 474 g/mol. The van der Waals surface area contributed by atoms with Gasteiger partial charge in [0.15, 0.2) is 11.5 Å². The second kappa shape index (κ2) is 11.1. The van der Waals surface area contributed by atoms with Gasteiger partial charge in [0.2, 0.25) is 5.91 Å². The predicted molar refractivity (Wildman–Crippen MR) is 136 cm³/mol. The first-order valence-corrected chi connectivity index (χ1v) is 11.7. The zero-order chi connectivity index (χ0) is 24.8. The van der Waals surface area contributed by atoms with E-state index in [-0.39, 0.29) is 17.0 Å². The summed E-state index contributed by atoms with van der Waals surface area (Å²) in [5, 5.41) is 2.84. The third-order valence-corrected chi connectivity index (χ3v) is 6.39. The van der Waals surface area contributed by atoms with Crippen LogP contribution >= 0.6 is 0 Å². The van der Waals surface area contributed by atoms with Gasteiger partial charge in [-0.05, 0) is 78.9 Å². The summed E-state index contributed by atoms with van der Waals surface area (Å²) < 4.78 is 10.9. The lowest BCUT2D eigenvalue weighted by Crippen LogP contribution is -2.31. The molecule has 3 N–H and O–H groups in total. The number of hydrogen-bond acceptors (Lipinski definition) is 5. The van der Waals surface area contributed by atoms with Gasteiger partial charge in [0.25, 0.3) is 5.91 Å². The third-order valence-electron chi connectivity index (χ3n) is 6.39. The van der Waals surface area contributed by atoms with Crippen molar-refractivity contribution in [1.82, 2.24) is 4.90 Å². The smallest absolute Gasteiger partial charge is 0.256 e. The Hall–Kier alpha value is -3.84. The number of nitrogens with zero attached hydrogens (tertiary/aromatic N) is 1. The molecule has 4 rings (SSSR count). The molecule has 0 spiro atoms. The molecule has 3 aromatic rings. The molecule has 0 radical (unpaired) electrons. The largest absolute Gasteiger partial charge is 0.493 e. The van der Waals surface area contributed by atoms with Crippen LogP contribution in [-0.4, -0.2) is 44.0 Å². The van der Waals surface area contributed by atoms with Crippen LogP contribution in [0.4, 0.5) is 5.69 Å². The number of methoxy groups -OCH3 is 2. The van der Waals surface area contributed by atoms with Crippen LogP contribution in [0.2, 0.25) is 0 Å². The fourth-order valence-corrected chi connectivity index (χ4v) is 4.49. The number of nitrogens with two attached hydrogens (primary N) is 1. The average Bonchev–Trinajstić information content (AvgIpc) is 2.88. The minimum atomic E-state index is -0.623. The molecule has 2 amide bonds. The highest BCUT2D eigenvalue weighted by molar-refractivity contribution is 6.11. The fourth-order valence-electron chi connectivity index (χ4n) is 4.49. The van der Waals surface area contributed by atoms with Crippen molar-refractivity contribution in [2.45, 2.75) is 25.8 Å². The lowest BCUT2D eigenvalue weighted by molar-refractivity contribution is 0.0977. The summed E-state index contributed by atoms with van der Waals surface area (Å²) in [5.41, 5.74) is 10.4. The molecule has 35 heavy (non-hydrogen) atoms. The van der Waals surface area contributed by atoms with Gasteiger partial charge in [0.1, 0.15) is 0 Å². The highest BCUT2D eigenvalue weighted by Gasteiger charge is 2.19. The van der Waals surface area contributed by atoms with Crippen LogP contribution in [0.15, 0.2) is 60.7 Å². The van der Waals surface area contributed by atoms with Crippen LogP contribution in [0.25, 0.3) is 0 Å². The second-order valence-electron chi connectivity index (χ2n) is 8.67. The van der Waals surface area contributed by atoms with Gasteiger partial charge in [-0.1, -0.05) is 24.3 Å². The Morgan fingerprint density at radius 2 is 1.60 bits per heavy atom. The van der Waals surface area contributed by atoms with Crippen molar-refractivity contribution in [3.8, 4) is 11.5 Å². The summed E-state index contributed by atoms with van der Waals surface area (Å²) in [6, 6.07) is 18.5. The Bertz CT molecular complexity index is 1210. The predicted octanol–water partition coefficient (Wildman–Crippen LogP) is 4.05. The molecule has 3 aromatic carbocycles. The molecule has 7 heteroatoms. The van der Waals surface area contributed by atoms with Gasteiger partial charge in [0, 0.05) is 18.8 Å². The van der Waals surface area contributed by atoms with E-state index in [1.165, 1.54) is 16.7 Å². The first-order chi connectivity index (χ1) is 17.0. The van der Waals surface area contributed by atoms with Gasteiger partial charge in [-0.15, -0.1) is 0 Å². The first kappa shape index (κ1) is 24.3. The highest BCUT2D eigenvalue weighted by atomic mass is 16.5. The number of fused-ring (bicyclic) bond motifs is 1. The van der Waals surface area contributed by atoms with E-state index in [1.807, 2.05) is 24.3 Å². The van der Waals surface area contributed by atoms with E-state index in [4.69, 9.17) is 15.2 Å². The van der Waals surface area contributed by atoms with Crippen LogP contribution < -0.4 is 20.5 Å². The number of aryl methyl sites for hydroxylation is 1. The normalized spacial score (nSPS) is 13.1. The summed E-state index contributed by atoms with van der Waals surface area (Å²) >= 11 is 0. The molecule has 0 aliphatic carbocycles. The molecule has 0 saturated carbocycles. The zero-order valence-corrected chi connectivity index (χ0v) is 20.2. The SMILES string of the molecule is COc1cc2c(cc1OC)CN(CCCc1ccc(NC(=O)c3ccccc3C(N)=O)cc1)CC2. The molecule has 7 nitrogen and oxygen atoms in total. The number of rotatable bonds is 9. The van der Waals surface area contributed by atoms with E-state index >= 15 is 0 Å². The van der Waals surface area contributed by atoms with Crippen LogP contribution in [0.5, 0.6) is 11.5 Å². The van der Waals surface area contributed by atoms with Crippen molar-refractivity contribution in [3.63, 3.8) is 0 Å². The van der Waals surface area contributed by atoms with Crippen molar-refractivity contribution in [2.24, 2.45) is 5.73 Å². The lowest BCUT2D eigenvalue weighted by atomic mass is 9.98. The number of hydrogen-bond donors (Lipinski definition) is 2. The quantitative estimate of drug-likeness (QED) is 0.489. The maximum Gasteiger partial charge on any atom is 0.256 e. The van der Waals surface area contributed by atoms with Gasteiger partial charge in [-0.25, -0.2) is 0 Å². The van der Waals surface area contributed by atoms with E-state index in [9.17, 15) is 9.59 Å². The van der Waals surface area contributed by atoms with Crippen molar-refractivity contribution >= 4 is 17.5 Å². The molecule has 0 atom stereocenters. The molecule has 0 fully saturated rings. The van der Waals surface area contributed by atoms with E-state index in [0.717, 1.165) is 50.4 Å². The molecule has 182 valence electrons. The molecular weight excluding hydrogens is 442 g/mol. The number of carbonyl (C=O) groups excluding carboxylic acids is 2. The van der Waals surface area contributed by atoms with E-state index in [0.29, 0.717) is 5.69 Å². The zero-order valence-electron chi connectivity index (χ0n) is 20.2. The van der Waals surface area contributed by atoms with E-state index in [1.54, 1.807) is 38.5 Å². The Kier molecular flexibility index (Phi) is 7.67. The molecule has 0 saturated heterocycles. The molecule has 1 aliphatic heterocycles. The second-order valence-corrected chi connectivity index (χ2v) is 8.67. The molecule has 0 bridgehead atoms. The number of ether oxygens (including phenoxy) is 2. The summed E-state index contributed by atoms with van der Waals surface area (Å²) in [6.07, 6.45) is 3.00. The lowest BCUT2D eigenvalue weighted by Gasteiger charge is -2.29.